The fourth-order valence-electron chi connectivity index (χ4n) is 0.591. The van der Waals surface area contributed by atoms with Gasteiger partial charge in [0.25, 0.3) is 0 Å². The molecule has 1 heterocycles. The third-order valence-electron chi connectivity index (χ3n) is 1.48. The Balaban J connectivity index is 2.48. The van der Waals surface area contributed by atoms with Crippen molar-refractivity contribution in [2.24, 2.45) is 0 Å². The van der Waals surface area contributed by atoms with Gasteiger partial charge in [0.15, 0.2) is 5.78 Å². The summed E-state index contributed by atoms with van der Waals surface area (Å²) in [4.78, 5) is 31.7. The van der Waals surface area contributed by atoms with Gasteiger partial charge < -0.3 is 14.0 Å². The number of allylic oxidation sites excluding steroid dienone is 1. The summed E-state index contributed by atoms with van der Waals surface area (Å²) in [6.45, 7) is 2.86. The average molecular weight is 198 g/mol. The van der Waals surface area contributed by atoms with Crippen LogP contribution in [0.2, 0.25) is 0 Å². The Labute approximate surface area is 80.0 Å². The Morgan fingerprint density at radius 3 is 2.21 bits per heavy atom. The summed E-state index contributed by atoms with van der Waals surface area (Å²) in [5.41, 5.74) is 0.323. The van der Waals surface area contributed by atoms with E-state index < -0.39 is 19.3 Å². The van der Waals surface area contributed by atoms with Crippen molar-refractivity contribution in [2.75, 3.05) is 0 Å². The topological polar surface area (TPSA) is 78.9 Å². The second kappa shape index (κ2) is 3.95. The molecule has 0 atom stereocenters. The summed E-state index contributed by atoms with van der Waals surface area (Å²) < 4.78 is 13.3. The van der Waals surface area contributed by atoms with Crippen LogP contribution in [-0.4, -0.2) is 25.0 Å². The van der Waals surface area contributed by atoms with Crippen molar-refractivity contribution < 1.29 is 28.3 Å². The Hall–Kier alpha value is -1.79. The molecule has 0 aromatic carbocycles. The van der Waals surface area contributed by atoms with Gasteiger partial charge in [-0.1, -0.05) is 0 Å². The summed E-state index contributed by atoms with van der Waals surface area (Å²) >= 11 is 0. The van der Waals surface area contributed by atoms with Gasteiger partial charge in [0, 0.05) is 5.57 Å². The average Bonchev–Trinajstić information content (AvgIpc) is 2.42. The molecule has 7 heteroatoms. The molecule has 0 spiro atoms. The van der Waals surface area contributed by atoms with E-state index in [1.807, 2.05) is 0 Å². The molecule has 1 aliphatic heterocycles. The van der Waals surface area contributed by atoms with E-state index in [0.717, 1.165) is 6.26 Å². The quantitative estimate of drug-likeness (QED) is 0.265. The van der Waals surface area contributed by atoms with E-state index in [0.29, 0.717) is 5.57 Å². The lowest BCUT2D eigenvalue weighted by atomic mass is 10.2. The third-order valence-corrected chi connectivity index (χ3v) is 1.48. The van der Waals surface area contributed by atoms with E-state index in [2.05, 4.69) is 9.31 Å². The van der Waals surface area contributed by atoms with Crippen molar-refractivity contribution in [3.05, 3.63) is 11.8 Å². The van der Waals surface area contributed by atoms with Crippen molar-refractivity contribution in [2.45, 2.75) is 13.8 Å². The van der Waals surface area contributed by atoms with Gasteiger partial charge in [-0.05, 0) is 13.8 Å². The van der Waals surface area contributed by atoms with Gasteiger partial charge in [-0.2, -0.15) is 0 Å². The van der Waals surface area contributed by atoms with E-state index >= 15 is 0 Å². The van der Waals surface area contributed by atoms with Crippen LogP contribution >= 0.6 is 0 Å². The first-order valence-electron chi connectivity index (χ1n) is 3.75. The molecule has 0 amide bonds. The van der Waals surface area contributed by atoms with Crippen molar-refractivity contribution >= 4 is 25.0 Å². The molecule has 0 radical (unpaired) electrons. The molecular formula is C7H7BO6. The standard InChI is InChI=1S/C7H7BO6/c1-4(5(2)9)3-12-8-13-6(10)7(11)14-8/h3H,1-2H3/b4-3-. The van der Waals surface area contributed by atoms with Crippen LogP contribution in [0, 0.1) is 0 Å². The summed E-state index contributed by atoms with van der Waals surface area (Å²) in [5.74, 6) is -2.41. The first-order valence-corrected chi connectivity index (χ1v) is 3.75. The highest BCUT2D eigenvalue weighted by molar-refractivity contribution is 6.55. The predicted octanol–water partition coefficient (Wildman–Crippen LogP) is -0.419. The molecule has 0 aromatic heterocycles. The second-order valence-corrected chi connectivity index (χ2v) is 2.59. The van der Waals surface area contributed by atoms with E-state index in [4.69, 9.17) is 4.65 Å². The van der Waals surface area contributed by atoms with Gasteiger partial charge in [-0.25, -0.2) is 9.59 Å². The normalized spacial score (nSPS) is 16.4. The molecule has 1 aliphatic rings. The smallest absolute Gasteiger partial charge is 0.496 e. The summed E-state index contributed by atoms with van der Waals surface area (Å²) in [6, 6.07) is 0. The highest BCUT2D eigenvalue weighted by atomic mass is 16.8. The lowest BCUT2D eigenvalue weighted by Gasteiger charge is -2.00. The van der Waals surface area contributed by atoms with Crippen molar-refractivity contribution in [3.63, 3.8) is 0 Å². The number of carbonyl (C=O) groups is 3. The largest absolute Gasteiger partial charge is 0.868 e. The molecule has 1 saturated heterocycles. The molecule has 0 aliphatic carbocycles. The third kappa shape index (κ3) is 2.35. The number of rotatable bonds is 3. The predicted molar refractivity (Wildman–Crippen MR) is 43.5 cm³/mol. The summed E-state index contributed by atoms with van der Waals surface area (Å²) in [5, 5.41) is 0. The van der Waals surface area contributed by atoms with Crippen LogP contribution in [0.1, 0.15) is 13.8 Å². The number of hydrogen-bond acceptors (Lipinski definition) is 6. The van der Waals surface area contributed by atoms with Crippen molar-refractivity contribution in [1.82, 2.24) is 0 Å². The minimum Gasteiger partial charge on any atom is -0.496 e. The number of ketones is 1. The van der Waals surface area contributed by atoms with Crippen LogP contribution in [0.25, 0.3) is 0 Å². The van der Waals surface area contributed by atoms with E-state index in [9.17, 15) is 14.4 Å². The van der Waals surface area contributed by atoms with Crippen LogP contribution in [0.3, 0.4) is 0 Å². The Morgan fingerprint density at radius 2 is 1.79 bits per heavy atom. The minimum absolute atomic E-state index is 0.194. The second-order valence-electron chi connectivity index (χ2n) is 2.59. The number of Topliss-reactive ketones (excluding diaryl/α,β-unsaturated/α-hetero) is 1. The van der Waals surface area contributed by atoms with Gasteiger partial charge in [0.05, 0.1) is 6.26 Å². The lowest BCUT2D eigenvalue weighted by Crippen LogP contribution is -2.17. The molecule has 0 unspecified atom stereocenters. The maximum atomic E-state index is 10.7. The fraction of sp³-hybridized carbons (Fsp3) is 0.286. The molecule has 6 nitrogen and oxygen atoms in total. The molecule has 0 N–H and O–H groups in total. The maximum Gasteiger partial charge on any atom is 0.868 e. The highest BCUT2D eigenvalue weighted by Gasteiger charge is 2.45. The van der Waals surface area contributed by atoms with Gasteiger partial charge in [-0.15, -0.1) is 0 Å². The first kappa shape index (κ1) is 10.3. The van der Waals surface area contributed by atoms with Crippen LogP contribution in [0.15, 0.2) is 11.8 Å². The highest BCUT2D eigenvalue weighted by Crippen LogP contribution is 2.06. The monoisotopic (exact) mass is 198 g/mol. The van der Waals surface area contributed by atoms with E-state index in [-0.39, 0.29) is 5.78 Å². The molecule has 0 aromatic rings. The molecular weight excluding hydrogens is 191 g/mol. The minimum atomic E-state index is -1.38. The lowest BCUT2D eigenvalue weighted by molar-refractivity contribution is -0.150. The molecule has 74 valence electrons. The number of carbonyl (C=O) groups excluding carboxylic acids is 3. The number of hydrogen-bond donors (Lipinski definition) is 0. The van der Waals surface area contributed by atoms with Crippen LogP contribution in [0.5, 0.6) is 0 Å². The molecule has 0 saturated carbocycles. The van der Waals surface area contributed by atoms with Crippen molar-refractivity contribution in [1.29, 1.82) is 0 Å². The Bertz CT molecular complexity index is 304. The first-order chi connectivity index (χ1) is 6.50. The molecule has 1 rings (SSSR count). The summed E-state index contributed by atoms with van der Waals surface area (Å²) in [7, 11) is -1.38. The molecule has 14 heavy (non-hydrogen) atoms. The fourth-order valence-corrected chi connectivity index (χ4v) is 0.591. The zero-order valence-corrected chi connectivity index (χ0v) is 7.60. The van der Waals surface area contributed by atoms with Gasteiger partial charge in [0.2, 0.25) is 0 Å². The van der Waals surface area contributed by atoms with Gasteiger partial charge in [0.1, 0.15) is 0 Å². The molecule has 0 bridgehead atoms. The zero-order chi connectivity index (χ0) is 10.7. The van der Waals surface area contributed by atoms with Gasteiger partial charge in [-0.3, -0.25) is 4.79 Å². The van der Waals surface area contributed by atoms with Crippen molar-refractivity contribution in [3.8, 4) is 0 Å². The zero-order valence-electron chi connectivity index (χ0n) is 7.60. The maximum absolute atomic E-state index is 10.7. The van der Waals surface area contributed by atoms with E-state index in [1.165, 1.54) is 13.8 Å². The molecule has 1 fully saturated rings. The van der Waals surface area contributed by atoms with E-state index in [1.54, 1.807) is 0 Å². The van der Waals surface area contributed by atoms with Crippen LogP contribution in [-0.2, 0) is 28.3 Å². The Kier molecular flexibility index (Phi) is 2.90. The summed E-state index contributed by atoms with van der Waals surface area (Å²) in [6.07, 6.45) is 1.07. The SMILES string of the molecule is CC(=O)/C(C)=C\OB1OC(=O)C(=O)O1. The Morgan fingerprint density at radius 1 is 1.29 bits per heavy atom. The van der Waals surface area contributed by atoms with Crippen LogP contribution in [0.4, 0.5) is 0 Å². The van der Waals surface area contributed by atoms with Crippen LogP contribution < -0.4 is 0 Å². The van der Waals surface area contributed by atoms with Gasteiger partial charge >= 0.3 is 19.3 Å².